The fourth-order valence-corrected chi connectivity index (χ4v) is 2.23. The molecule has 0 aromatic rings. The molecule has 0 aliphatic carbocycles. The highest BCUT2D eigenvalue weighted by Crippen LogP contribution is 2.05. The average Bonchev–Trinajstić information content (AvgIpc) is 2.20. The van der Waals surface area contributed by atoms with Crippen molar-refractivity contribution in [1.82, 2.24) is 14.7 Å². The van der Waals surface area contributed by atoms with Gasteiger partial charge in [0.25, 0.3) is 0 Å². The van der Waals surface area contributed by atoms with E-state index in [1.165, 1.54) is 0 Å². The third kappa shape index (κ3) is 6.24. The van der Waals surface area contributed by atoms with E-state index >= 15 is 0 Å². The van der Waals surface area contributed by atoms with Crippen molar-refractivity contribution < 1.29 is 0 Å². The minimum atomic E-state index is 0.608. The highest BCUT2D eigenvalue weighted by atomic mass is 15.3. The summed E-state index contributed by atoms with van der Waals surface area (Å²) in [4.78, 5) is 11.3. The normalized spacial score (nSPS) is 11.3. The van der Waals surface area contributed by atoms with Gasteiger partial charge in [-0.1, -0.05) is 0 Å². The van der Waals surface area contributed by atoms with Gasteiger partial charge >= 0.3 is 0 Å². The Morgan fingerprint density at radius 1 is 0.889 bits per heavy atom. The Balaban J connectivity index is 4.21. The molecule has 0 aromatic heterocycles. The van der Waals surface area contributed by atoms with Crippen LogP contribution in [-0.2, 0) is 0 Å². The highest BCUT2D eigenvalue weighted by Gasteiger charge is 2.12. The van der Waals surface area contributed by atoms with Crippen LogP contribution in [0.25, 0.3) is 0 Å². The first kappa shape index (κ1) is 17.2. The number of aliphatic imine (C=N–C) groups is 1. The Hall–Kier alpha value is -0.770. The SMILES string of the molecule is CC(C)N(CCCN=C(N(C)C)N(C)C)C(C)C. The van der Waals surface area contributed by atoms with Gasteiger partial charge in [0.1, 0.15) is 0 Å². The van der Waals surface area contributed by atoms with Gasteiger partial charge < -0.3 is 9.80 Å². The quantitative estimate of drug-likeness (QED) is 0.412. The topological polar surface area (TPSA) is 22.1 Å². The Morgan fingerprint density at radius 3 is 1.67 bits per heavy atom. The fraction of sp³-hybridized carbons (Fsp3) is 0.929. The minimum absolute atomic E-state index is 0.608. The Morgan fingerprint density at radius 2 is 1.33 bits per heavy atom. The molecule has 0 aromatic carbocycles. The van der Waals surface area contributed by atoms with Crippen LogP contribution in [0.5, 0.6) is 0 Å². The molecule has 0 atom stereocenters. The number of hydrogen-bond donors (Lipinski definition) is 0. The zero-order valence-electron chi connectivity index (χ0n) is 13.6. The predicted molar refractivity (Wildman–Crippen MR) is 81.3 cm³/mol. The molecule has 0 heterocycles. The van der Waals surface area contributed by atoms with Gasteiger partial charge in [-0.3, -0.25) is 9.89 Å². The van der Waals surface area contributed by atoms with Crippen molar-refractivity contribution in [3.63, 3.8) is 0 Å². The van der Waals surface area contributed by atoms with Crippen LogP contribution in [0.1, 0.15) is 34.1 Å². The number of nitrogens with zero attached hydrogens (tertiary/aromatic N) is 4. The summed E-state index contributed by atoms with van der Waals surface area (Å²) in [5.41, 5.74) is 0. The van der Waals surface area contributed by atoms with Gasteiger partial charge in [-0.15, -0.1) is 0 Å². The summed E-state index contributed by atoms with van der Waals surface area (Å²) in [5, 5.41) is 0. The maximum Gasteiger partial charge on any atom is 0.195 e. The first-order valence-electron chi connectivity index (χ1n) is 6.92. The first-order valence-corrected chi connectivity index (χ1v) is 6.92. The first-order chi connectivity index (χ1) is 8.27. The van der Waals surface area contributed by atoms with Crippen molar-refractivity contribution in [3.05, 3.63) is 0 Å². The predicted octanol–water partition coefficient (Wildman–Crippen LogP) is 1.97. The second-order valence-corrected chi connectivity index (χ2v) is 5.75. The lowest BCUT2D eigenvalue weighted by atomic mass is 10.2. The second kappa shape index (κ2) is 8.35. The molecule has 0 saturated heterocycles. The smallest absolute Gasteiger partial charge is 0.195 e. The lowest BCUT2D eigenvalue weighted by Crippen LogP contribution is -2.38. The van der Waals surface area contributed by atoms with Crippen LogP contribution in [0.15, 0.2) is 4.99 Å². The van der Waals surface area contributed by atoms with Crippen LogP contribution < -0.4 is 0 Å². The van der Waals surface area contributed by atoms with Gasteiger partial charge in [0.05, 0.1) is 0 Å². The fourth-order valence-electron chi connectivity index (χ4n) is 2.23. The number of guanidine groups is 1. The third-order valence-electron chi connectivity index (χ3n) is 2.95. The van der Waals surface area contributed by atoms with Crippen LogP contribution in [0.2, 0.25) is 0 Å². The van der Waals surface area contributed by atoms with E-state index in [4.69, 9.17) is 0 Å². The van der Waals surface area contributed by atoms with Crippen LogP contribution in [0.3, 0.4) is 0 Å². The van der Waals surface area contributed by atoms with Crippen molar-refractivity contribution in [3.8, 4) is 0 Å². The summed E-state index contributed by atoms with van der Waals surface area (Å²) in [7, 11) is 8.14. The molecular weight excluding hydrogens is 224 g/mol. The summed E-state index contributed by atoms with van der Waals surface area (Å²) < 4.78 is 0. The molecule has 4 heteroatoms. The Bertz CT molecular complexity index is 226. The van der Waals surface area contributed by atoms with Crippen molar-refractivity contribution >= 4 is 5.96 Å². The maximum absolute atomic E-state index is 4.66. The third-order valence-corrected chi connectivity index (χ3v) is 2.95. The molecule has 0 radical (unpaired) electrons. The molecule has 0 bridgehead atoms. The largest absolute Gasteiger partial charge is 0.349 e. The molecule has 0 unspecified atom stereocenters. The van der Waals surface area contributed by atoms with E-state index in [0.29, 0.717) is 12.1 Å². The van der Waals surface area contributed by atoms with Gasteiger partial charge in [0, 0.05) is 53.4 Å². The van der Waals surface area contributed by atoms with Gasteiger partial charge in [0.2, 0.25) is 0 Å². The van der Waals surface area contributed by atoms with E-state index in [1.807, 2.05) is 28.2 Å². The van der Waals surface area contributed by atoms with Gasteiger partial charge in [-0.05, 0) is 34.1 Å². The lowest BCUT2D eigenvalue weighted by Gasteiger charge is -2.30. The monoisotopic (exact) mass is 256 g/mol. The van der Waals surface area contributed by atoms with E-state index in [9.17, 15) is 0 Å². The van der Waals surface area contributed by atoms with Crippen molar-refractivity contribution in [2.24, 2.45) is 4.99 Å². The molecule has 0 aliphatic rings. The molecular formula is C14H32N4. The summed E-state index contributed by atoms with van der Waals surface area (Å²) in [5.74, 6) is 1.04. The Labute approximate surface area is 114 Å². The van der Waals surface area contributed by atoms with Gasteiger partial charge in [-0.25, -0.2) is 0 Å². The molecule has 0 aliphatic heterocycles. The van der Waals surface area contributed by atoms with Crippen LogP contribution in [0.4, 0.5) is 0 Å². The molecule has 0 fully saturated rings. The van der Waals surface area contributed by atoms with Crippen molar-refractivity contribution in [1.29, 1.82) is 0 Å². The molecule has 0 spiro atoms. The van der Waals surface area contributed by atoms with Gasteiger partial charge in [-0.2, -0.15) is 0 Å². The lowest BCUT2D eigenvalue weighted by molar-refractivity contribution is 0.174. The molecule has 0 saturated carbocycles. The zero-order valence-corrected chi connectivity index (χ0v) is 13.6. The molecule has 18 heavy (non-hydrogen) atoms. The standard InChI is InChI=1S/C14H32N4/c1-12(2)18(13(3)4)11-9-10-15-14(16(5)6)17(7)8/h12-13H,9-11H2,1-8H3. The van der Waals surface area contributed by atoms with E-state index in [1.54, 1.807) is 0 Å². The van der Waals surface area contributed by atoms with Crippen molar-refractivity contribution in [2.75, 3.05) is 41.3 Å². The maximum atomic E-state index is 4.66. The summed E-state index contributed by atoms with van der Waals surface area (Å²) in [6.07, 6.45) is 1.11. The zero-order chi connectivity index (χ0) is 14.3. The van der Waals surface area contributed by atoms with Crippen LogP contribution in [0, 0.1) is 0 Å². The molecule has 0 rings (SSSR count). The van der Waals surface area contributed by atoms with Crippen molar-refractivity contribution in [2.45, 2.75) is 46.2 Å². The summed E-state index contributed by atoms with van der Waals surface area (Å²) >= 11 is 0. The van der Waals surface area contributed by atoms with E-state index < -0.39 is 0 Å². The minimum Gasteiger partial charge on any atom is -0.349 e. The van der Waals surface area contributed by atoms with Gasteiger partial charge in [0.15, 0.2) is 5.96 Å². The second-order valence-electron chi connectivity index (χ2n) is 5.75. The van der Waals surface area contributed by atoms with Crippen LogP contribution in [-0.4, -0.2) is 74.0 Å². The summed E-state index contributed by atoms with van der Waals surface area (Å²) in [6.45, 7) is 11.0. The number of hydrogen-bond acceptors (Lipinski definition) is 2. The van der Waals surface area contributed by atoms with E-state index in [0.717, 1.165) is 25.5 Å². The van der Waals surface area contributed by atoms with Crippen LogP contribution >= 0.6 is 0 Å². The highest BCUT2D eigenvalue weighted by molar-refractivity contribution is 5.79. The molecule has 0 amide bonds. The number of rotatable bonds is 6. The van der Waals surface area contributed by atoms with E-state index in [2.05, 4.69) is 47.4 Å². The molecule has 4 nitrogen and oxygen atoms in total. The molecule has 108 valence electrons. The van der Waals surface area contributed by atoms with E-state index in [-0.39, 0.29) is 0 Å². The molecule has 0 N–H and O–H groups in total. The summed E-state index contributed by atoms with van der Waals surface area (Å²) in [6, 6.07) is 1.22. The Kier molecular flexibility index (Phi) is 8.00. The average molecular weight is 256 g/mol.